The number of ether oxygens (including phenoxy) is 2. The number of amides is 1. The van der Waals surface area contributed by atoms with Crippen molar-refractivity contribution >= 4 is 34.2 Å². The zero-order valence-electron chi connectivity index (χ0n) is 8.02. The Labute approximate surface area is 92.9 Å². The molecule has 1 aliphatic heterocycles. The zero-order valence-corrected chi connectivity index (χ0v) is 9.66. The predicted octanol–water partition coefficient (Wildman–Crippen LogP) is 0.510. The van der Waals surface area contributed by atoms with Crippen LogP contribution in [0.5, 0.6) is 0 Å². The van der Waals surface area contributed by atoms with Crippen molar-refractivity contribution in [3.8, 4) is 0 Å². The quantitative estimate of drug-likeness (QED) is 0.513. The van der Waals surface area contributed by atoms with Gasteiger partial charge in [0.2, 0.25) is 0 Å². The molecule has 0 saturated carbocycles. The van der Waals surface area contributed by atoms with Gasteiger partial charge in [-0.25, -0.2) is 0 Å². The predicted molar refractivity (Wildman–Crippen MR) is 59.5 cm³/mol. The standard InChI is InChI=1S/C8H13NO3S2/c1-11-3-4-12-6-7(10)9-2-5-14-8(9)13/h2-6H2,1H3. The summed E-state index contributed by atoms with van der Waals surface area (Å²) in [7, 11) is 1.59. The van der Waals surface area contributed by atoms with Crippen LogP contribution in [0, 0.1) is 0 Å². The summed E-state index contributed by atoms with van der Waals surface area (Å²) in [6, 6.07) is 0. The van der Waals surface area contributed by atoms with E-state index in [1.807, 2.05) is 0 Å². The fourth-order valence-electron chi connectivity index (χ4n) is 1.000. The molecule has 0 radical (unpaired) electrons. The lowest BCUT2D eigenvalue weighted by molar-refractivity contribution is -0.132. The third kappa shape index (κ3) is 3.53. The van der Waals surface area contributed by atoms with Crippen molar-refractivity contribution in [2.24, 2.45) is 0 Å². The molecule has 0 atom stereocenters. The van der Waals surface area contributed by atoms with Crippen LogP contribution in [-0.2, 0) is 14.3 Å². The second-order valence-corrected chi connectivity index (χ2v) is 4.43. The molecule has 14 heavy (non-hydrogen) atoms. The van der Waals surface area contributed by atoms with E-state index in [0.717, 1.165) is 5.75 Å². The number of carbonyl (C=O) groups excluding carboxylic acids is 1. The Morgan fingerprint density at radius 2 is 2.43 bits per heavy atom. The molecule has 0 aromatic heterocycles. The highest BCUT2D eigenvalue weighted by Gasteiger charge is 2.23. The number of hydrogen-bond acceptors (Lipinski definition) is 5. The lowest BCUT2D eigenvalue weighted by Gasteiger charge is -2.14. The maximum atomic E-state index is 11.5. The summed E-state index contributed by atoms with van der Waals surface area (Å²) in [6.45, 7) is 1.74. The van der Waals surface area contributed by atoms with Crippen LogP contribution >= 0.6 is 24.0 Å². The number of thiocarbonyl (C=S) groups is 1. The van der Waals surface area contributed by atoms with Crippen LogP contribution in [0.1, 0.15) is 0 Å². The molecule has 0 spiro atoms. The van der Waals surface area contributed by atoms with Crippen molar-refractivity contribution in [1.29, 1.82) is 0 Å². The second-order valence-electron chi connectivity index (χ2n) is 2.71. The summed E-state index contributed by atoms with van der Waals surface area (Å²) < 4.78 is 10.6. The molecule has 0 N–H and O–H groups in total. The normalized spacial score (nSPS) is 16.4. The van der Waals surface area contributed by atoms with E-state index >= 15 is 0 Å². The highest BCUT2D eigenvalue weighted by Crippen LogP contribution is 2.17. The Hall–Kier alpha value is -0.170. The fourth-order valence-corrected chi connectivity index (χ4v) is 2.24. The fraction of sp³-hybridized carbons (Fsp3) is 0.750. The summed E-state index contributed by atoms with van der Waals surface area (Å²) >= 11 is 6.54. The molecule has 4 nitrogen and oxygen atoms in total. The van der Waals surface area contributed by atoms with Crippen LogP contribution in [-0.4, -0.2) is 54.4 Å². The highest BCUT2D eigenvalue weighted by atomic mass is 32.2. The van der Waals surface area contributed by atoms with E-state index < -0.39 is 0 Å². The third-order valence-corrected chi connectivity index (χ3v) is 3.15. The van der Waals surface area contributed by atoms with Crippen molar-refractivity contribution in [1.82, 2.24) is 4.90 Å². The largest absolute Gasteiger partial charge is 0.382 e. The van der Waals surface area contributed by atoms with Gasteiger partial charge in [0.05, 0.1) is 13.2 Å². The molecule has 0 unspecified atom stereocenters. The van der Waals surface area contributed by atoms with Gasteiger partial charge >= 0.3 is 0 Å². The van der Waals surface area contributed by atoms with Crippen LogP contribution in [0.2, 0.25) is 0 Å². The molecule has 0 aliphatic carbocycles. The first-order valence-electron chi connectivity index (χ1n) is 4.29. The van der Waals surface area contributed by atoms with Crippen molar-refractivity contribution < 1.29 is 14.3 Å². The summed E-state index contributed by atoms with van der Waals surface area (Å²) in [6.07, 6.45) is 0. The molecular formula is C8H13NO3S2. The summed E-state index contributed by atoms with van der Waals surface area (Å²) in [5.74, 6) is 0.832. The van der Waals surface area contributed by atoms with Gasteiger partial charge in [-0.3, -0.25) is 9.69 Å². The molecular weight excluding hydrogens is 222 g/mol. The van der Waals surface area contributed by atoms with Gasteiger partial charge in [0.1, 0.15) is 10.9 Å². The molecule has 6 heteroatoms. The van der Waals surface area contributed by atoms with Crippen LogP contribution in [0.3, 0.4) is 0 Å². The minimum atomic E-state index is -0.0592. The summed E-state index contributed by atoms with van der Waals surface area (Å²) in [5.41, 5.74) is 0. The van der Waals surface area contributed by atoms with E-state index in [2.05, 4.69) is 0 Å². The van der Waals surface area contributed by atoms with Crippen LogP contribution in [0.15, 0.2) is 0 Å². The number of thioether (sulfide) groups is 1. The molecule has 1 saturated heterocycles. The second kappa shape index (κ2) is 6.34. The van der Waals surface area contributed by atoms with E-state index in [9.17, 15) is 4.79 Å². The molecule has 0 aromatic carbocycles. The van der Waals surface area contributed by atoms with Gasteiger partial charge in [0, 0.05) is 19.4 Å². The first-order valence-corrected chi connectivity index (χ1v) is 5.69. The van der Waals surface area contributed by atoms with Crippen LogP contribution < -0.4 is 0 Å². The molecule has 1 heterocycles. The first kappa shape index (κ1) is 11.9. The van der Waals surface area contributed by atoms with Crippen molar-refractivity contribution in [3.05, 3.63) is 0 Å². The topological polar surface area (TPSA) is 38.8 Å². The lowest BCUT2D eigenvalue weighted by atomic mass is 10.5. The van der Waals surface area contributed by atoms with Crippen molar-refractivity contribution in [3.63, 3.8) is 0 Å². The smallest absolute Gasteiger partial charge is 0.254 e. The third-order valence-electron chi connectivity index (χ3n) is 1.72. The van der Waals surface area contributed by atoms with Gasteiger partial charge in [0.25, 0.3) is 5.91 Å². The van der Waals surface area contributed by atoms with E-state index in [4.69, 9.17) is 21.7 Å². The van der Waals surface area contributed by atoms with Gasteiger partial charge in [-0.15, -0.1) is 0 Å². The Morgan fingerprint density at radius 1 is 1.64 bits per heavy atom. The van der Waals surface area contributed by atoms with Crippen LogP contribution in [0.4, 0.5) is 0 Å². The van der Waals surface area contributed by atoms with Gasteiger partial charge in [-0.2, -0.15) is 0 Å². The molecule has 0 aromatic rings. The maximum absolute atomic E-state index is 11.5. The molecule has 80 valence electrons. The van der Waals surface area contributed by atoms with E-state index in [-0.39, 0.29) is 12.5 Å². The molecule has 1 fully saturated rings. The number of hydrogen-bond donors (Lipinski definition) is 0. The maximum Gasteiger partial charge on any atom is 0.254 e. The first-order chi connectivity index (χ1) is 6.75. The minimum absolute atomic E-state index is 0.0592. The molecule has 1 rings (SSSR count). The lowest BCUT2D eigenvalue weighted by Crippen LogP contribution is -2.34. The highest BCUT2D eigenvalue weighted by molar-refractivity contribution is 8.23. The summed E-state index contributed by atoms with van der Waals surface area (Å²) in [5, 5.41) is 0. The Morgan fingerprint density at radius 3 is 3.00 bits per heavy atom. The molecule has 1 aliphatic rings. The van der Waals surface area contributed by atoms with Gasteiger partial charge in [0.15, 0.2) is 0 Å². The summed E-state index contributed by atoms with van der Waals surface area (Å²) in [4.78, 5) is 13.1. The number of nitrogens with zero attached hydrogens (tertiary/aromatic N) is 1. The Balaban J connectivity index is 2.18. The van der Waals surface area contributed by atoms with Gasteiger partial charge in [-0.05, 0) is 0 Å². The van der Waals surface area contributed by atoms with Gasteiger partial charge in [-0.1, -0.05) is 24.0 Å². The molecule has 0 bridgehead atoms. The monoisotopic (exact) mass is 235 g/mol. The van der Waals surface area contributed by atoms with Crippen LogP contribution in [0.25, 0.3) is 0 Å². The number of carbonyl (C=O) groups is 1. The Kier molecular flexibility index (Phi) is 5.39. The SMILES string of the molecule is COCCOCC(=O)N1CCSC1=S. The molecule has 1 amide bonds. The van der Waals surface area contributed by atoms with E-state index in [1.54, 1.807) is 12.0 Å². The average molecular weight is 235 g/mol. The van der Waals surface area contributed by atoms with Crippen molar-refractivity contribution in [2.75, 3.05) is 39.2 Å². The number of rotatable bonds is 5. The number of methoxy groups -OCH3 is 1. The van der Waals surface area contributed by atoms with Crippen molar-refractivity contribution in [2.45, 2.75) is 0 Å². The van der Waals surface area contributed by atoms with Gasteiger partial charge < -0.3 is 9.47 Å². The average Bonchev–Trinajstić information content (AvgIpc) is 2.59. The zero-order chi connectivity index (χ0) is 10.4. The van der Waals surface area contributed by atoms with E-state index in [1.165, 1.54) is 11.8 Å². The Bertz CT molecular complexity index is 223. The van der Waals surface area contributed by atoms with E-state index in [0.29, 0.717) is 24.1 Å². The minimum Gasteiger partial charge on any atom is -0.382 e.